The number of alkyl halides is 4. The highest BCUT2D eigenvalue weighted by molar-refractivity contribution is 6.00. The number of halogens is 4. The molecule has 0 spiro atoms. The minimum absolute atomic E-state index is 0.0550. The van der Waals surface area contributed by atoms with Gasteiger partial charge in [0, 0.05) is 32.4 Å². The molecule has 224 valence electrons. The van der Waals surface area contributed by atoms with Crippen LogP contribution in [0.5, 0.6) is 17.4 Å². The van der Waals surface area contributed by atoms with Crippen LogP contribution in [-0.2, 0) is 12.7 Å². The molecular formula is C28H30F4N6O4. The van der Waals surface area contributed by atoms with Crippen LogP contribution in [0.15, 0.2) is 42.6 Å². The molecule has 1 amide bonds. The number of aromatic nitrogens is 2. The molecule has 1 aromatic heterocycles. The Balaban J connectivity index is 1.39. The van der Waals surface area contributed by atoms with Crippen LogP contribution >= 0.6 is 0 Å². The topological polar surface area (TPSA) is 112 Å². The molecule has 2 aliphatic rings. The summed E-state index contributed by atoms with van der Waals surface area (Å²) >= 11 is 0. The summed E-state index contributed by atoms with van der Waals surface area (Å²) in [7, 11) is 4.80. The van der Waals surface area contributed by atoms with Gasteiger partial charge in [0.25, 0.3) is 5.91 Å². The quantitative estimate of drug-likeness (QED) is 0.262. The van der Waals surface area contributed by atoms with Gasteiger partial charge in [-0.15, -0.1) is 0 Å². The number of fused-ring (bicyclic) bond motifs is 1. The van der Waals surface area contributed by atoms with Crippen molar-refractivity contribution in [2.24, 2.45) is 0 Å². The minimum Gasteiger partial charge on any atom is -0.495 e. The molecule has 3 aromatic rings. The van der Waals surface area contributed by atoms with Gasteiger partial charge >= 0.3 is 6.18 Å². The lowest BCUT2D eigenvalue weighted by Gasteiger charge is -2.34. The zero-order valence-corrected chi connectivity index (χ0v) is 23.1. The van der Waals surface area contributed by atoms with Crippen LogP contribution in [0.2, 0.25) is 0 Å². The molecule has 2 aliphatic heterocycles. The van der Waals surface area contributed by atoms with Crippen molar-refractivity contribution in [1.29, 1.82) is 0 Å². The zero-order chi connectivity index (χ0) is 30.2. The molecule has 5 rings (SSSR count). The van der Waals surface area contributed by atoms with Gasteiger partial charge in [-0.1, -0.05) is 18.2 Å². The van der Waals surface area contributed by atoms with Crippen LogP contribution in [0.3, 0.4) is 0 Å². The summed E-state index contributed by atoms with van der Waals surface area (Å²) in [5.41, 5.74) is 0.263. The number of hydrogen-bond acceptors (Lipinski definition) is 9. The van der Waals surface area contributed by atoms with Crippen LogP contribution < -0.4 is 20.1 Å². The zero-order valence-electron chi connectivity index (χ0n) is 23.1. The number of anilines is 2. The van der Waals surface area contributed by atoms with Gasteiger partial charge < -0.3 is 29.7 Å². The van der Waals surface area contributed by atoms with E-state index in [9.17, 15) is 27.5 Å². The number of aliphatic hydroxyl groups is 1. The molecule has 1 fully saturated rings. The van der Waals surface area contributed by atoms with E-state index >= 15 is 0 Å². The Hall–Kier alpha value is -4.01. The number of hydrogen-bond donors (Lipinski definition) is 3. The highest BCUT2D eigenvalue weighted by Crippen LogP contribution is 2.40. The molecule has 0 aliphatic carbocycles. The van der Waals surface area contributed by atoms with Crippen molar-refractivity contribution in [3.8, 4) is 17.4 Å². The van der Waals surface area contributed by atoms with Gasteiger partial charge in [0.1, 0.15) is 29.5 Å². The second kappa shape index (κ2) is 11.7. The van der Waals surface area contributed by atoms with Gasteiger partial charge in [-0.3, -0.25) is 10.1 Å². The van der Waals surface area contributed by atoms with Crippen LogP contribution in [0, 0.1) is 0 Å². The third-order valence-electron chi connectivity index (χ3n) is 7.25. The molecule has 10 nitrogen and oxygen atoms in total. The number of aliphatic hydroxyl groups excluding tert-OH is 1. The van der Waals surface area contributed by atoms with Gasteiger partial charge in [-0.05, 0) is 49.3 Å². The highest BCUT2D eigenvalue weighted by atomic mass is 19.4. The maximum absolute atomic E-state index is 14.4. The van der Waals surface area contributed by atoms with Crippen LogP contribution in [0.25, 0.3) is 0 Å². The maximum Gasteiger partial charge on any atom is 0.423 e. The van der Waals surface area contributed by atoms with E-state index in [1.54, 1.807) is 25.2 Å². The number of likely N-dealkylation sites (tertiary alicyclic amines) is 1. The smallest absolute Gasteiger partial charge is 0.423 e. The number of carbonyl (C=O) groups excluding carboxylic acids is 1. The highest BCUT2D eigenvalue weighted by Gasteiger charge is 2.38. The fourth-order valence-corrected chi connectivity index (χ4v) is 5.00. The second-order valence-electron chi connectivity index (χ2n) is 10.3. The molecule has 3 heterocycles. The van der Waals surface area contributed by atoms with Crippen LogP contribution in [0.4, 0.5) is 29.2 Å². The second-order valence-corrected chi connectivity index (χ2v) is 10.3. The minimum atomic E-state index is -4.83. The van der Waals surface area contributed by atoms with Crippen molar-refractivity contribution in [2.45, 2.75) is 37.6 Å². The lowest BCUT2D eigenvalue weighted by molar-refractivity contribution is -0.139. The summed E-state index contributed by atoms with van der Waals surface area (Å²) in [5.74, 6) is -1.22. The first-order valence-corrected chi connectivity index (χ1v) is 13.2. The molecule has 2 aromatic carbocycles. The normalized spacial score (nSPS) is 19.9. The molecule has 42 heavy (non-hydrogen) atoms. The predicted octanol–water partition coefficient (Wildman–Crippen LogP) is 4.25. The number of rotatable bonds is 8. The van der Waals surface area contributed by atoms with Gasteiger partial charge in [0.15, 0.2) is 0 Å². The van der Waals surface area contributed by atoms with Crippen LogP contribution in [0.1, 0.15) is 39.7 Å². The monoisotopic (exact) mass is 590 g/mol. The Kier molecular flexibility index (Phi) is 8.21. The Morgan fingerprint density at radius 3 is 2.67 bits per heavy atom. The number of nitrogens with one attached hydrogen (secondary N) is 2. The summed E-state index contributed by atoms with van der Waals surface area (Å²) in [6.45, 7) is 1.26. The first-order valence-electron chi connectivity index (χ1n) is 13.2. The summed E-state index contributed by atoms with van der Waals surface area (Å²) in [4.78, 5) is 23.7. The molecule has 0 bridgehead atoms. The van der Waals surface area contributed by atoms with Crippen LogP contribution in [-0.4, -0.2) is 77.3 Å². The van der Waals surface area contributed by atoms with E-state index in [0.717, 1.165) is 0 Å². The van der Waals surface area contributed by atoms with E-state index < -0.39 is 36.1 Å². The third kappa shape index (κ3) is 6.10. The van der Waals surface area contributed by atoms with Gasteiger partial charge in [-0.2, -0.15) is 18.2 Å². The van der Waals surface area contributed by atoms with E-state index in [2.05, 4.69) is 20.6 Å². The Morgan fingerprint density at radius 2 is 1.95 bits per heavy atom. The molecule has 1 saturated heterocycles. The number of methoxy groups -OCH3 is 1. The summed E-state index contributed by atoms with van der Waals surface area (Å²) in [5, 5.41) is 16.4. The number of carbonyl (C=O) groups is 1. The SMILES string of the molecule is COc1cc(C(O)N[C@@H]2CCN(C)C[C@@H]2F)ccc1Nc1ncc(C(F)(F)F)c(Oc2cccc3c2C(=O)N(C)C3)n1. The van der Waals surface area contributed by atoms with Gasteiger partial charge in [-0.25, -0.2) is 9.37 Å². The van der Waals surface area contributed by atoms with E-state index in [1.165, 1.54) is 30.2 Å². The Labute approximate surface area is 239 Å². The first-order chi connectivity index (χ1) is 19.9. The van der Waals surface area contributed by atoms with E-state index in [-0.39, 0.29) is 35.5 Å². The predicted molar refractivity (Wildman–Crippen MR) is 145 cm³/mol. The van der Waals surface area contributed by atoms with Crippen molar-refractivity contribution < 1.29 is 36.9 Å². The number of nitrogens with zero attached hydrogens (tertiary/aromatic N) is 4. The fraction of sp³-hybridized carbons (Fsp3) is 0.393. The molecule has 3 N–H and O–H groups in total. The average Bonchev–Trinajstić information content (AvgIpc) is 3.23. The fourth-order valence-electron chi connectivity index (χ4n) is 5.00. The standard InChI is InChI=1S/C28H30F4N6O4/c1-37-10-9-19(18(29)14-37)34-24(39)15-7-8-20(22(11-15)41-3)35-27-33-12-17(28(30,31)32)25(36-27)42-21-6-4-5-16-13-38(2)26(40)23(16)21/h4-8,11-12,18-19,24,34,39H,9-10,13-14H2,1-3H3,(H,33,35,36)/t18-,19+,24?/m0/s1. The molecular weight excluding hydrogens is 560 g/mol. The van der Waals surface area contributed by atoms with Crippen molar-refractivity contribution in [3.05, 3.63) is 64.8 Å². The number of piperidine rings is 1. The Morgan fingerprint density at radius 1 is 1.17 bits per heavy atom. The number of benzene rings is 2. The third-order valence-corrected chi connectivity index (χ3v) is 7.25. The van der Waals surface area contributed by atoms with Crippen molar-refractivity contribution in [1.82, 2.24) is 25.1 Å². The number of amides is 1. The van der Waals surface area contributed by atoms with E-state index in [4.69, 9.17) is 9.47 Å². The molecule has 14 heteroatoms. The van der Waals surface area contributed by atoms with Gasteiger partial charge in [0.05, 0.1) is 18.4 Å². The summed E-state index contributed by atoms with van der Waals surface area (Å²) in [6, 6.07) is 8.77. The van der Waals surface area contributed by atoms with Crippen molar-refractivity contribution >= 4 is 17.5 Å². The molecule has 0 radical (unpaired) electrons. The summed E-state index contributed by atoms with van der Waals surface area (Å²) in [6.07, 6.45) is -6.05. The molecule has 0 saturated carbocycles. The van der Waals surface area contributed by atoms with Crippen molar-refractivity contribution in [2.75, 3.05) is 39.6 Å². The van der Waals surface area contributed by atoms with E-state index in [1.807, 2.05) is 11.9 Å². The van der Waals surface area contributed by atoms with Gasteiger partial charge in [0.2, 0.25) is 11.8 Å². The Bertz CT molecular complexity index is 1470. The average molecular weight is 591 g/mol. The molecule has 1 unspecified atom stereocenters. The van der Waals surface area contributed by atoms with E-state index in [0.29, 0.717) is 42.5 Å². The lowest BCUT2D eigenvalue weighted by Crippen LogP contribution is -2.50. The number of ether oxygens (including phenoxy) is 2. The summed E-state index contributed by atoms with van der Waals surface area (Å²) < 4.78 is 67.0. The first kappa shape index (κ1) is 29.5. The van der Waals surface area contributed by atoms with Crippen molar-refractivity contribution in [3.63, 3.8) is 0 Å². The maximum atomic E-state index is 14.4. The lowest BCUT2D eigenvalue weighted by atomic mass is 10.0. The largest absolute Gasteiger partial charge is 0.495 e. The molecule has 3 atom stereocenters.